The molecule has 0 unspecified atom stereocenters. The Hall–Kier alpha value is -1.46. The number of fused-ring (bicyclic) bond motifs is 1. The Morgan fingerprint density at radius 1 is 1.40 bits per heavy atom. The smallest absolute Gasteiger partial charge is 0.122 e. The molecule has 0 saturated carbocycles. The largest absolute Gasteiger partial charge is 0.493 e. The van der Waals surface area contributed by atoms with Gasteiger partial charge in [-0.1, -0.05) is 11.8 Å². The van der Waals surface area contributed by atoms with E-state index in [1.807, 2.05) is 12.1 Å². The standard InChI is InChI=1S/C13H14O2/c14-8-2-1-4-11-6-7-13-12(10-11)5-3-9-15-13/h6-7,10,14H,2-3,5,8-9H2. The predicted octanol–water partition coefficient (Wildman–Crippen LogP) is 1.75. The summed E-state index contributed by atoms with van der Waals surface area (Å²) in [7, 11) is 0. The fourth-order valence-electron chi connectivity index (χ4n) is 1.66. The highest BCUT2D eigenvalue weighted by molar-refractivity contribution is 5.44. The lowest BCUT2D eigenvalue weighted by Gasteiger charge is -2.16. The molecule has 1 aromatic rings. The van der Waals surface area contributed by atoms with Crippen molar-refractivity contribution >= 4 is 0 Å². The van der Waals surface area contributed by atoms with Gasteiger partial charge in [-0.15, -0.1) is 0 Å². The van der Waals surface area contributed by atoms with E-state index < -0.39 is 0 Å². The maximum atomic E-state index is 8.61. The van der Waals surface area contributed by atoms with Crippen LogP contribution in [0.5, 0.6) is 5.75 Å². The summed E-state index contributed by atoms with van der Waals surface area (Å²) in [6.45, 7) is 0.948. The third-order valence-corrected chi connectivity index (χ3v) is 2.38. The lowest BCUT2D eigenvalue weighted by molar-refractivity contribution is 0.288. The summed E-state index contributed by atoms with van der Waals surface area (Å²) in [5, 5.41) is 8.61. The van der Waals surface area contributed by atoms with Crippen molar-refractivity contribution in [1.29, 1.82) is 0 Å². The predicted molar refractivity (Wildman–Crippen MR) is 58.8 cm³/mol. The van der Waals surface area contributed by atoms with Crippen LogP contribution in [-0.4, -0.2) is 18.3 Å². The molecular weight excluding hydrogens is 188 g/mol. The average Bonchev–Trinajstić information content (AvgIpc) is 2.29. The highest BCUT2D eigenvalue weighted by Gasteiger charge is 2.09. The minimum Gasteiger partial charge on any atom is -0.493 e. The Morgan fingerprint density at radius 2 is 2.33 bits per heavy atom. The van der Waals surface area contributed by atoms with E-state index in [2.05, 4.69) is 17.9 Å². The first-order valence-corrected chi connectivity index (χ1v) is 5.25. The second-order valence-electron chi connectivity index (χ2n) is 3.55. The van der Waals surface area contributed by atoms with E-state index in [9.17, 15) is 0 Å². The van der Waals surface area contributed by atoms with Crippen molar-refractivity contribution in [1.82, 2.24) is 0 Å². The Morgan fingerprint density at radius 3 is 3.20 bits per heavy atom. The fraction of sp³-hybridized carbons (Fsp3) is 0.385. The van der Waals surface area contributed by atoms with E-state index in [4.69, 9.17) is 9.84 Å². The molecule has 2 heteroatoms. The lowest BCUT2D eigenvalue weighted by atomic mass is 10.0. The van der Waals surface area contributed by atoms with Crippen molar-refractivity contribution in [3.8, 4) is 17.6 Å². The molecule has 0 radical (unpaired) electrons. The first-order chi connectivity index (χ1) is 7.40. The van der Waals surface area contributed by atoms with Crippen LogP contribution in [0.3, 0.4) is 0 Å². The number of hydrogen-bond acceptors (Lipinski definition) is 2. The summed E-state index contributed by atoms with van der Waals surface area (Å²) in [6, 6.07) is 6.03. The number of hydrogen-bond donors (Lipinski definition) is 1. The Labute approximate surface area is 89.9 Å². The first kappa shape index (κ1) is 10.1. The molecule has 78 valence electrons. The van der Waals surface area contributed by atoms with Gasteiger partial charge >= 0.3 is 0 Å². The van der Waals surface area contributed by atoms with Gasteiger partial charge in [-0.3, -0.25) is 0 Å². The first-order valence-electron chi connectivity index (χ1n) is 5.25. The van der Waals surface area contributed by atoms with Gasteiger partial charge in [-0.2, -0.15) is 0 Å². The maximum Gasteiger partial charge on any atom is 0.122 e. The van der Waals surface area contributed by atoms with Gasteiger partial charge in [0.25, 0.3) is 0 Å². The van der Waals surface area contributed by atoms with Crippen LogP contribution in [0.2, 0.25) is 0 Å². The molecule has 2 nitrogen and oxygen atoms in total. The van der Waals surface area contributed by atoms with Crippen LogP contribution in [0.15, 0.2) is 18.2 Å². The summed E-state index contributed by atoms with van der Waals surface area (Å²) >= 11 is 0. The number of ether oxygens (including phenoxy) is 1. The Balaban J connectivity index is 2.18. The summed E-state index contributed by atoms with van der Waals surface area (Å²) in [5.41, 5.74) is 2.25. The van der Waals surface area contributed by atoms with E-state index in [1.165, 1.54) is 5.56 Å². The number of aliphatic hydroxyl groups is 1. The van der Waals surface area contributed by atoms with Gasteiger partial charge in [0.2, 0.25) is 0 Å². The van der Waals surface area contributed by atoms with Gasteiger partial charge in [-0.25, -0.2) is 0 Å². The second-order valence-corrected chi connectivity index (χ2v) is 3.55. The number of aryl methyl sites for hydroxylation is 1. The van der Waals surface area contributed by atoms with Crippen LogP contribution in [0.4, 0.5) is 0 Å². The zero-order chi connectivity index (χ0) is 10.5. The molecule has 0 aromatic heterocycles. The van der Waals surface area contributed by atoms with E-state index in [-0.39, 0.29) is 6.61 Å². The number of aliphatic hydroxyl groups excluding tert-OH is 1. The third kappa shape index (κ3) is 2.51. The monoisotopic (exact) mass is 202 g/mol. The minimum atomic E-state index is 0.126. The van der Waals surface area contributed by atoms with E-state index in [0.717, 1.165) is 30.8 Å². The van der Waals surface area contributed by atoms with Gasteiger partial charge < -0.3 is 9.84 Å². The van der Waals surface area contributed by atoms with Crippen LogP contribution in [0.25, 0.3) is 0 Å². The van der Waals surface area contributed by atoms with Crippen molar-refractivity contribution in [2.45, 2.75) is 19.3 Å². The van der Waals surface area contributed by atoms with Crippen LogP contribution in [0, 0.1) is 11.8 Å². The molecule has 1 N–H and O–H groups in total. The number of benzene rings is 1. The SMILES string of the molecule is OCCC#Cc1ccc2c(c1)CCCO2. The highest BCUT2D eigenvalue weighted by atomic mass is 16.5. The molecule has 0 atom stereocenters. The van der Waals surface area contributed by atoms with Crippen LogP contribution < -0.4 is 4.74 Å². The molecule has 1 aliphatic rings. The Kier molecular flexibility index (Phi) is 3.26. The van der Waals surface area contributed by atoms with Crippen molar-refractivity contribution < 1.29 is 9.84 Å². The van der Waals surface area contributed by atoms with Crippen molar-refractivity contribution in [2.75, 3.05) is 13.2 Å². The summed E-state index contributed by atoms with van der Waals surface area (Å²) in [4.78, 5) is 0. The van der Waals surface area contributed by atoms with Crippen molar-refractivity contribution in [2.24, 2.45) is 0 Å². The van der Waals surface area contributed by atoms with Crippen LogP contribution in [0.1, 0.15) is 24.0 Å². The summed E-state index contributed by atoms with van der Waals surface area (Å²) in [6.07, 6.45) is 2.69. The van der Waals surface area contributed by atoms with Crippen molar-refractivity contribution in [3.63, 3.8) is 0 Å². The molecule has 1 aliphatic heterocycles. The van der Waals surface area contributed by atoms with Crippen LogP contribution >= 0.6 is 0 Å². The van der Waals surface area contributed by atoms with E-state index in [0.29, 0.717) is 6.42 Å². The molecule has 0 fully saturated rings. The molecule has 1 heterocycles. The maximum absolute atomic E-state index is 8.61. The summed E-state index contributed by atoms with van der Waals surface area (Å²) in [5.74, 6) is 6.94. The minimum absolute atomic E-state index is 0.126. The van der Waals surface area contributed by atoms with E-state index in [1.54, 1.807) is 0 Å². The molecule has 1 aromatic carbocycles. The zero-order valence-electron chi connectivity index (χ0n) is 8.62. The third-order valence-electron chi connectivity index (χ3n) is 2.38. The molecule has 0 aliphatic carbocycles. The van der Waals surface area contributed by atoms with Gasteiger partial charge in [0.1, 0.15) is 5.75 Å². The number of rotatable bonds is 1. The molecule has 0 amide bonds. The van der Waals surface area contributed by atoms with Gasteiger partial charge in [-0.05, 0) is 36.6 Å². The molecule has 0 bridgehead atoms. The average molecular weight is 202 g/mol. The van der Waals surface area contributed by atoms with Gasteiger partial charge in [0.05, 0.1) is 13.2 Å². The molecular formula is C13H14O2. The molecule has 15 heavy (non-hydrogen) atoms. The van der Waals surface area contributed by atoms with Gasteiger partial charge in [0, 0.05) is 12.0 Å². The quantitative estimate of drug-likeness (QED) is 0.703. The normalized spacial score (nSPS) is 13.4. The topological polar surface area (TPSA) is 29.5 Å². The zero-order valence-corrected chi connectivity index (χ0v) is 8.62. The molecule has 0 saturated heterocycles. The Bertz CT molecular complexity index is 399. The van der Waals surface area contributed by atoms with Gasteiger partial charge in [0.15, 0.2) is 0 Å². The van der Waals surface area contributed by atoms with Crippen molar-refractivity contribution in [3.05, 3.63) is 29.3 Å². The lowest BCUT2D eigenvalue weighted by Crippen LogP contribution is -2.08. The van der Waals surface area contributed by atoms with E-state index >= 15 is 0 Å². The fourth-order valence-corrected chi connectivity index (χ4v) is 1.66. The second kappa shape index (κ2) is 4.86. The molecule has 0 spiro atoms. The summed E-state index contributed by atoms with van der Waals surface area (Å²) < 4.78 is 5.52. The molecule has 2 rings (SSSR count). The highest BCUT2D eigenvalue weighted by Crippen LogP contribution is 2.25. The van der Waals surface area contributed by atoms with Crippen LogP contribution in [-0.2, 0) is 6.42 Å².